The first-order chi connectivity index (χ1) is 9.72. The van der Waals surface area contributed by atoms with Crippen LogP contribution in [0.1, 0.15) is 31.2 Å². The molecule has 0 bridgehead atoms. The Morgan fingerprint density at radius 3 is 2.90 bits per heavy atom. The molecule has 0 aliphatic heterocycles. The Hall–Kier alpha value is -1.46. The summed E-state index contributed by atoms with van der Waals surface area (Å²) in [6.07, 6.45) is 3.49. The molecule has 1 heterocycles. The van der Waals surface area contributed by atoms with Crippen LogP contribution in [0.4, 0.5) is 0 Å². The topological polar surface area (TPSA) is 62.2 Å². The van der Waals surface area contributed by atoms with Gasteiger partial charge in [-0.05, 0) is 43.4 Å². The van der Waals surface area contributed by atoms with Gasteiger partial charge in [-0.15, -0.1) is 11.3 Å². The second kappa shape index (κ2) is 5.89. The van der Waals surface area contributed by atoms with Crippen molar-refractivity contribution in [2.24, 2.45) is 5.92 Å². The molecule has 0 atom stereocenters. The Bertz CT molecular complexity index is 603. The van der Waals surface area contributed by atoms with E-state index in [9.17, 15) is 4.79 Å². The lowest BCUT2D eigenvalue weighted by atomic mass is 9.86. The van der Waals surface area contributed by atoms with Crippen LogP contribution < -0.4 is 5.32 Å². The minimum atomic E-state index is -0.641. The molecule has 0 amide bonds. The largest absolute Gasteiger partial charge is 0.481 e. The molecule has 2 aromatic rings. The number of carboxylic acids is 1. The van der Waals surface area contributed by atoms with Crippen molar-refractivity contribution in [3.05, 3.63) is 29.3 Å². The predicted octanol–water partition coefficient (Wildman–Crippen LogP) is 3.03. The monoisotopic (exact) mass is 290 g/mol. The van der Waals surface area contributed by atoms with Gasteiger partial charge in [-0.3, -0.25) is 4.79 Å². The summed E-state index contributed by atoms with van der Waals surface area (Å²) in [6.45, 7) is 0.829. The van der Waals surface area contributed by atoms with E-state index in [2.05, 4.69) is 28.5 Å². The molecule has 1 aliphatic carbocycles. The molecule has 0 radical (unpaired) electrons. The van der Waals surface area contributed by atoms with Gasteiger partial charge in [0.25, 0.3) is 0 Å². The second-order valence-electron chi connectivity index (χ2n) is 5.42. The van der Waals surface area contributed by atoms with Crippen LogP contribution in [0.2, 0.25) is 0 Å². The number of benzene rings is 1. The first kappa shape index (κ1) is 13.5. The van der Waals surface area contributed by atoms with Crippen molar-refractivity contribution in [3.63, 3.8) is 0 Å². The lowest BCUT2D eigenvalue weighted by Gasteiger charge is -2.27. The Balaban J connectivity index is 1.53. The van der Waals surface area contributed by atoms with Gasteiger partial charge in [0, 0.05) is 12.6 Å². The maximum atomic E-state index is 10.9. The third-order valence-corrected chi connectivity index (χ3v) is 4.88. The maximum Gasteiger partial charge on any atom is 0.306 e. The SMILES string of the molecule is O=C(O)[C@H]1CC[C@H](NCc2ccc3scnc3c2)CC1. The summed E-state index contributed by atoms with van der Waals surface area (Å²) in [7, 11) is 0. The fraction of sp³-hybridized carbons (Fsp3) is 0.467. The summed E-state index contributed by atoms with van der Waals surface area (Å²) in [5, 5.41) is 12.5. The highest BCUT2D eigenvalue weighted by atomic mass is 32.1. The van der Waals surface area contributed by atoms with Gasteiger partial charge in [-0.25, -0.2) is 4.98 Å². The van der Waals surface area contributed by atoms with Gasteiger partial charge in [-0.2, -0.15) is 0 Å². The first-order valence-electron chi connectivity index (χ1n) is 7.00. The van der Waals surface area contributed by atoms with Crippen molar-refractivity contribution in [2.75, 3.05) is 0 Å². The minimum absolute atomic E-state index is 0.139. The van der Waals surface area contributed by atoms with E-state index in [1.54, 1.807) is 11.3 Å². The van der Waals surface area contributed by atoms with Gasteiger partial charge in [0.15, 0.2) is 0 Å². The third kappa shape index (κ3) is 2.99. The van der Waals surface area contributed by atoms with Crippen LogP contribution in [0.5, 0.6) is 0 Å². The zero-order valence-corrected chi connectivity index (χ0v) is 12.0. The molecule has 4 nitrogen and oxygen atoms in total. The van der Waals surface area contributed by atoms with E-state index in [0.717, 1.165) is 37.7 Å². The summed E-state index contributed by atoms with van der Waals surface area (Å²) < 4.78 is 1.22. The fourth-order valence-corrected chi connectivity index (χ4v) is 3.48. The number of thiazole rings is 1. The third-order valence-electron chi connectivity index (χ3n) is 4.07. The number of hydrogen-bond acceptors (Lipinski definition) is 4. The number of aliphatic carboxylic acids is 1. The van der Waals surface area contributed by atoms with Crippen LogP contribution in [0.15, 0.2) is 23.7 Å². The van der Waals surface area contributed by atoms with E-state index in [1.165, 1.54) is 10.3 Å². The number of fused-ring (bicyclic) bond motifs is 1. The zero-order valence-electron chi connectivity index (χ0n) is 11.2. The van der Waals surface area contributed by atoms with Gasteiger partial charge < -0.3 is 10.4 Å². The predicted molar refractivity (Wildman–Crippen MR) is 79.8 cm³/mol. The quantitative estimate of drug-likeness (QED) is 0.908. The zero-order chi connectivity index (χ0) is 13.9. The van der Waals surface area contributed by atoms with E-state index in [0.29, 0.717) is 6.04 Å². The highest BCUT2D eigenvalue weighted by molar-refractivity contribution is 7.16. The average Bonchev–Trinajstić information content (AvgIpc) is 2.93. The summed E-state index contributed by atoms with van der Waals surface area (Å²) in [5.41, 5.74) is 4.17. The molecule has 1 aromatic carbocycles. The Kier molecular flexibility index (Phi) is 3.98. The van der Waals surface area contributed by atoms with Gasteiger partial charge in [0.1, 0.15) is 0 Å². The van der Waals surface area contributed by atoms with Gasteiger partial charge in [0.05, 0.1) is 21.6 Å². The molecule has 0 spiro atoms. The highest BCUT2D eigenvalue weighted by Gasteiger charge is 2.25. The standard InChI is InChI=1S/C15H18N2O2S/c18-15(19)11-2-4-12(5-3-11)16-8-10-1-6-14-13(7-10)17-9-20-14/h1,6-7,9,11-12,16H,2-5,8H2,(H,18,19)/t11-,12-. The molecule has 0 unspecified atom stereocenters. The summed E-state index contributed by atoms with van der Waals surface area (Å²) in [4.78, 5) is 15.2. The highest BCUT2D eigenvalue weighted by Crippen LogP contribution is 2.25. The maximum absolute atomic E-state index is 10.9. The second-order valence-corrected chi connectivity index (χ2v) is 6.31. The van der Waals surface area contributed by atoms with E-state index in [-0.39, 0.29) is 5.92 Å². The van der Waals surface area contributed by atoms with E-state index in [4.69, 9.17) is 5.11 Å². The van der Waals surface area contributed by atoms with Crippen LogP contribution in [0.3, 0.4) is 0 Å². The summed E-state index contributed by atoms with van der Waals surface area (Å²) in [5.74, 6) is -0.781. The van der Waals surface area contributed by atoms with Gasteiger partial charge in [-0.1, -0.05) is 6.07 Å². The van der Waals surface area contributed by atoms with Gasteiger partial charge in [0.2, 0.25) is 0 Å². The number of carbonyl (C=O) groups is 1. The number of hydrogen-bond donors (Lipinski definition) is 2. The lowest BCUT2D eigenvalue weighted by molar-refractivity contribution is -0.142. The lowest BCUT2D eigenvalue weighted by Crippen LogP contribution is -2.34. The Morgan fingerprint density at radius 2 is 2.15 bits per heavy atom. The number of aromatic nitrogens is 1. The molecule has 1 saturated carbocycles. The van der Waals surface area contributed by atoms with E-state index < -0.39 is 5.97 Å². The Labute approximate surface area is 121 Å². The van der Waals surface area contributed by atoms with Crippen LogP contribution >= 0.6 is 11.3 Å². The molecular weight excluding hydrogens is 272 g/mol. The smallest absolute Gasteiger partial charge is 0.306 e. The van der Waals surface area contributed by atoms with Crippen molar-refractivity contribution in [3.8, 4) is 0 Å². The van der Waals surface area contributed by atoms with Crippen LogP contribution in [0.25, 0.3) is 10.2 Å². The number of nitrogens with zero attached hydrogens (tertiary/aromatic N) is 1. The molecule has 3 rings (SSSR count). The fourth-order valence-electron chi connectivity index (χ4n) is 2.82. The minimum Gasteiger partial charge on any atom is -0.481 e. The Morgan fingerprint density at radius 1 is 1.35 bits per heavy atom. The summed E-state index contributed by atoms with van der Waals surface area (Å²) >= 11 is 1.66. The van der Waals surface area contributed by atoms with Crippen LogP contribution in [-0.2, 0) is 11.3 Å². The summed E-state index contributed by atoms with van der Waals surface area (Å²) in [6, 6.07) is 6.82. The van der Waals surface area contributed by atoms with Crippen LogP contribution in [0, 0.1) is 5.92 Å². The molecule has 2 N–H and O–H groups in total. The average molecular weight is 290 g/mol. The van der Waals surface area contributed by atoms with Crippen molar-refractivity contribution >= 4 is 27.5 Å². The number of rotatable bonds is 4. The molecule has 106 valence electrons. The van der Waals surface area contributed by atoms with Gasteiger partial charge >= 0.3 is 5.97 Å². The normalized spacial score (nSPS) is 23.0. The molecule has 1 aliphatic rings. The van der Waals surface area contributed by atoms with Crippen molar-refractivity contribution < 1.29 is 9.90 Å². The molecule has 1 fully saturated rings. The number of nitrogens with one attached hydrogen (secondary N) is 1. The van der Waals surface area contributed by atoms with E-state index >= 15 is 0 Å². The van der Waals surface area contributed by atoms with E-state index in [1.807, 2.05) is 5.51 Å². The molecule has 1 aromatic heterocycles. The molecule has 0 saturated heterocycles. The van der Waals surface area contributed by atoms with Crippen molar-refractivity contribution in [1.82, 2.24) is 10.3 Å². The first-order valence-corrected chi connectivity index (χ1v) is 7.88. The van der Waals surface area contributed by atoms with Crippen molar-refractivity contribution in [1.29, 1.82) is 0 Å². The van der Waals surface area contributed by atoms with Crippen LogP contribution in [-0.4, -0.2) is 22.1 Å². The number of carboxylic acid groups (broad SMARTS) is 1. The molecular formula is C15H18N2O2S. The molecule has 20 heavy (non-hydrogen) atoms. The molecule has 5 heteroatoms. The van der Waals surface area contributed by atoms with Crippen molar-refractivity contribution in [2.45, 2.75) is 38.3 Å².